The molecule has 3 nitrogen and oxygen atoms in total. The molecule has 1 aliphatic heterocycles. The van der Waals surface area contributed by atoms with E-state index in [1.54, 1.807) is 0 Å². The minimum Gasteiger partial charge on any atom is -0.375 e. The first-order chi connectivity index (χ1) is 11.3. The van der Waals surface area contributed by atoms with Gasteiger partial charge in [0.1, 0.15) is 0 Å². The summed E-state index contributed by atoms with van der Waals surface area (Å²) >= 11 is 0. The second kappa shape index (κ2) is 8.04. The topological polar surface area (TPSA) is 35.5 Å². The number of Topliss-reactive ketones (excluding diaryl/α,β-unsaturated/α-hetero) is 1. The van der Waals surface area contributed by atoms with Gasteiger partial charge in [-0.2, -0.15) is 0 Å². The van der Waals surface area contributed by atoms with Crippen molar-refractivity contribution >= 4 is 5.78 Å². The van der Waals surface area contributed by atoms with Crippen LogP contribution in [0.4, 0.5) is 0 Å². The van der Waals surface area contributed by atoms with Crippen LogP contribution in [0.2, 0.25) is 0 Å². The molecule has 0 aromatic heterocycles. The van der Waals surface area contributed by atoms with Gasteiger partial charge < -0.3 is 9.47 Å². The third-order valence-electron chi connectivity index (χ3n) is 4.17. The van der Waals surface area contributed by atoms with E-state index in [1.165, 1.54) is 5.56 Å². The summed E-state index contributed by atoms with van der Waals surface area (Å²) in [6.07, 6.45) is 2.41. The van der Waals surface area contributed by atoms with E-state index < -0.39 is 0 Å². The molecule has 0 amide bonds. The van der Waals surface area contributed by atoms with Gasteiger partial charge in [-0.25, -0.2) is 0 Å². The molecule has 23 heavy (non-hydrogen) atoms. The quantitative estimate of drug-likeness (QED) is 0.756. The highest BCUT2D eigenvalue weighted by molar-refractivity contribution is 5.96. The molecule has 1 fully saturated rings. The van der Waals surface area contributed by atoms with Crippen LogP contribution < -0.4 is 0 Å². The van der Waals surface area contributed by atoms with Crippen molar-refractivity contribution in [3.8, 4) is 0 Å². The lowest BCUT2D eigenvalue weighted by atomic mass is 9.99. The van der Waals surface area contributed by atoms with Gasteiger partial charge in [0.05, 0.1) is 25.4 Å². The Kier molecular flexibility index (Phi) is 5.56. The molecule has 120 valence electrons. The van der Waals surface area contributed by atoms with Crippen molar-refractivity contribution in [1.29, 1.82) is 0 Å². The molecule has 0 aliphatic carbocycles. The van der Waals surface area contributed by atoms with Crippen LogP contribution >= 0.6 is 0 Å². The lowest BCUT2D eigenvalue weighted by molar-refractivity contribution is -0.0897. The molecule has 0 radical (unpaired) electrons. The van der Waals surface area contributed by atoms with Gasteiger partial charge in [0.25, 0.3) is 0 Å². The summed E-state index contributed by atoms with van der Waals surface area (Å²) in [5.41, 5.74) is 1.94. The average Bonchev–Trinajstić information content (AvgIpc) is 2.63. The van der Waals surface area contributed by atoms with Gasteiger partial charge in [0.2, 0.25) is 0 Å². The van der Waals surface area contributed by atoms with Crippen LogP contribution in [0, 0.1) is 0 Å². The minimum absolute atomic E-state index is 0.0132. The van der Waals surface area contributed by atoms with Gasteiger partial charge in [-0.3, -0.25) is 4.79 Å². The number of carbonyl (C=O) groups excluding carboxylic acids is 1. The van der Waals surface area contributed by atoms with Crippen LogP contribution in [0.3, 0.4) is 0 Å². The van der Waals surface area contributed by atoms with Crippen LogP contribution in [0.25, 0.3) is 0 Å². The van der Waals surface area contributed by atoms with Gasteiger partial charge in [-0.15, -0.1) is 0 Å². The van der Waals surface area contributed by atoms with E-state index in [0.717, 1.165) is 18.4 Å². The molecule has 2 aromatic carbocycles. The summed E-state index contributed by atoms with van der Waals surface area (Å²) in [6.45, 7) is 1.18. The third-order valence-corrected chi connectivity index (χ3v) is 4.17. The van der Waals surface area contributed by atoms with Crippen LogP contribution in [-0.4, -0.2) is 24.6 Å². The van der Waals surface area contributed by atoms with E-state index in [2.05, 4.69) is 12.1 Å². The molecule has 0 N–H and O–H groups in total. The van der Waals surface area contributed by atoms with Gasteiger partial charge in [-0.05, 0) is 18.4 Å². The van der Waals surface area contributed by atoms with Crippen molar-refractivity contribution < 1.29 is 14.3 Å². The molecule has 2 aromatic rings. The Morgan fingerprint density at radius 2 is 1.70 bits per heavy atom. The Balaban J connectivity index is 1.41. The molecule has 0 unspecified atom stereocenters. The average molecular weight is 310 g/mol. The van der Waals surface area contributed by atoms with Crippen LogP contribution in [0.1, 0.15) is 35.2 Å². The Bertz CT molecular complexity index is 601. The Labute approximate surface area is 137 Å². The maximum Gasteiger partial charge on any atom is 0.165 e. The van der Waals surface area contributed by atoms with E-state index in [1.807, 2.05) is 48.5 Å². The first-order valence-electron chi connectivity index (χ1n) is 8.16. The summed E-state index contributed by atoms with van der Waals surface area (Å²) in [7, 11) is 0. The van der Waals surface area contributed by atoms with Crippen molar-refractivity contribution in [2.45, 2.75) is 38.1 Å². The highest BCUT2D eigenvalue weighted by Crippen LogP contribution is 2.21. The molecule has 3 rings (SSSR count). The fraction of sp³-hybridized carbons (Fsp3) is 0.350. The predicted octanol–water partition coefficient (Wildman–Crippen LogP) is 4.02. The smallest absolute Gasteiger partial charge is 0.165 e. The molecule has 2 atom stereocenters. The predicted molar refractivity (Wildman–Crippen MR) is 89.4 cm³/mol. The first-order valence-corrected chi connectivity index (χ1v) is 8.16. The largest absolute Gasteiger partial charge is 0.375 e. The second-order valence-corrected chi connectivity index (χ2v) is 5.94. The molecule has 0 bridgehead atoms. The van der Waals surface area contributed by atoms with E-state index in [0.29, 0.717) is 19.6 Å². The normalized spacial score (nSPS) is 21.0. The van der Waals surface area contributed by atoms with Crippen molar-refractivity contribution in [3.63, 3.8) is 0 Å². The Hall–Kier alpha value is -1.97. The highest BCUT2D eigenvalue weighted by Gasteiger charge is 2.24. The summed E-state index contributed by atoms with van der Waals surface area (Å²) in [5.74, 6) is 0.152. The first kappa shape index (κ1) is 15.9. The molecule has 3 heteroatoms. The number of rotatable bonds is 6. The number of hydrogen-bond donors (Lipinski definition) is 0. The molecular formula is C20H22O3. The minimum atomic E-state index is 0.0132. The standard InChI is InChI=1S/C20H22O3/c21-20(17-9-5-2-6-10-17)13-18-11-12-19(15-23-18)22-14-16-7-3-1-4-8-16/h1-10,18-19H,11-15H2/t18-,19-/m0/s1. The fourth-order valence-corrected chi connectivity index (χ4v) is 2.81. The summed E-state index contributed by atoms with van der Waals surface area (Å²) in [6, 6.07) is 19.6. The van der Waals surface area contributed by atoms with Crippen LogP contribution in [-0.2, 0) is 16.1 Å². The number of hydrogen-bond acceptors (Lipinski definition) is 3. The molecule has 0 saturated carbocycles. The van der Waals surface area contributed by atoms with E-state index in [-0.39, 0.29) is 18.0 Å². The number of ether oxygens (including phenoxy) is 2. The van der Waals surface area contributed by atoms with Crippen molar-refractivity contribution in [2.75, 3.05) is 6.61 Å². The van der Waals surface area contributed by atoms with E-state index in [9.17, 15) is 4.79 Å². The summed E-state index contributed by atoms with van der Waals surface area (Å²) < 4.78 is 11.7. The van der Waals surface area contributed by atoms with Gasteiger partial charge in [0.15, 0.2) is 5.78 Å². The highest BCUT2D eigenvalue weighted by atomic mass is 16.5. The maximum absolute atomic E-state index is 12.2. The third kappa shape index (κ3) is 4.75. The van der Waals surface area contributed by atoms with Crippen LogP contribution in [0.5, 0.6) is 0 Å². The number of carbonyl (C=O) groups is 1. The molecule has 1 saturated heterocycles. The van der Waals surface area contributed by atoms with Gasteiger partial charge in [0, 0.05) is 12.0 Å². The molecule has 1 heterocycles. The van der Waals surface area contributed by atoms with Crippen LogP contribution in [0.15, 0.2) is 60.7 Å². The van der Waals surface area contributed by atoms with Crippen molar-refractivity contribution in [2.24, 2.45) is 0 Å². The summed E-state index contributed by atoms with van der Waals surface area (Å²) in [5, 5.41) is 0. The zero-order valence-electron chi connectivity index (χ0n) is 13.2. The molecular weight excluding hydrogens is 288 g/mol. The summed E-state index contributed by atoms with van der Waals surface area (Å²) in [4.78, 5) is 12.2. The molecule has 1 aliphatic rings. The van der Waals surface area contributed by atoms with E-state index >= 15 is 0 Å². The Morgan fingerprint density at radius 1 is 1.00 bits per heavy atom. The zero-order valence-corrected chi connectivity index (χ0v) is 13.2. The van der Waals surface area contributed by atoms with Crippen molar-refractivity contribution in [1.82, 2.24) is 0 Å². The van der Waals surface area contributed by atoms with Gasteiger partial charge in [-0.1, -0.05) is 60.7 Å². The van der Waals surface area contributed by atoms with E-state index in [4.69, 9.17) is 9.47 Å². The molecule has 0 spiro atoms. The number of benzene rings is 2. The van der Waals surface area contributed by atoms with Gasteiger partial charge >= 0.3 is 0 Å². The monoisotopic (exact) mass is 310 g/mol. The zero-order chi connectivity index (χ0) is 15.9. The second-order valence-electron chi connectivity index (χ2n) is 5.94. The van der Waals surface area contributed by atoms with Crippen molar-refractivity contribution in [3.05, 3.63) is 71.8 Å². The lowest BCUT2D eigenvalue weighted by Gasteiger charge is -2.28. The Morgan fingerprint density at radius 3 is 2.35 bits per heavy atom. The maximum atomic E-state index is 12.2. The SMILES string of the molecule is O=C(C[C@@H]1CC[C@H](OCc2ccccc2)CO1)c1ccccc1. The number of ketones is 1. The lowest BCUT2D eigenvalue weighted by Crippen LogP contribution is -2.32. The fourth-order valence-electron chi connectivity index (χ4n) is 2.81.